The SMILES string of the molecule is CC(C)[C@H](C(=O)Nc1ccc(-c2cc3cc(NC(=O)[C@@H]4CCCN4C(=O)[C@@H](c4ccccc4)N(C)C)ccc3[nH]2)cc1)N(C(=O)O)C(C)(C)C. The van der Waals surface area contributed by atoms with Crippen LogP contribution in [0.3, 0.4) is 0 Å². The number of amides is 4. The molecule has 264 valence electrons. The van der Waals surface area contributed by atoms with Gasteiger partial charge < -0.3 is 25.6 Å². The number of likely N-dealkylation sites (N-methyl/N-ethyl adjacent to an activating group) is 1. The summed E-state index contributed by atoms with van der Waals surface area (Å²) < 4.78 is 0. The summed E-state index contributed by atoms with van der Waals surface area (Å²) in [4.78, 5) is 60.9. The van der Waals surface area contributed by atoms with Gasteiger partial charge in [-0.15, -0.1) is 0 Å². The second-order valence-corrected chi connectivity index (χ2v) is 14.5. The molecule has 5 rings (SSSR count). The average Bonchev–Trinajstić information content (AvgIpc) is 3.71. The van der Waals surface area contributed by atoms with E-state index in [0.29, 0.717) is 24.3 Å². The lowest BCUT2D eigenvalue weighted by molar-refractivity contribution is -0.140. The molecule has 1 aromatic heterocycles. The van der Waals surface area contributed by atoms with Crippen LogP contribution in [0.4, 0.5) is 16.2 Å². The number of nitrogens with one attached hydrogen (secondary N) is 3. The zero-order valence-electron chi connectivity index (χ0n) is 29.9. The van der Waals surface area contributed by atoms with Gasteiger partial charge in [0.2, 0.25) is 17.7 Å². The largest absolute Gasteiger partial charge is 0.465 e. The Bertz CT molecular complexity index is 1840. The van der Waals surface area contributed by atoms with Gasteiger partial charge in [-0.25, -0.2) is 4.79 Å². The number of likely N-dealkylation sites (tertiary alicyclic amines) is 1. The Morgan fingerprint density at radius 2 is 1.56 bits per heavy atom. The normalized spacial score (nSPS) is 16.0. The zero-order chi connectivity index (χ0) is 36.3. The van der Waals surface area contributed by atoms with E-state index in [2.05, 4.69) is 15.6 Å². The Morgan fingerprint density at radius 1 is 0.900 bits per heavy atom. The van der Waals surface area contributed by atoms with Crippen molar-refractivity contribution in [2.24, 2.45) is 5.92 Å². The molecule has 0 spiro atoms. The number of hydrogen-bond donors (Lipinski definition) is 4. The molecule has 0 radical (unpaired) electrons. The van der Waals surface area contributed by atoms with Gasteiger partial charge in [-0.3, -0.25) is 24.2 Å². The highest BCUT2D eigenvalue weighted by Crippen LogP contribution is 2.30. The van der Waals surface area contributed by atoms with Gasteiger partial charge in [0.15, 0.2) is 0 Å². The topological polar surface area (TPSA) is 138 Å². The molecule has 1 fully saturated rings. The minimum Gasteiger partial charge on any atom is -0.465 e. The number of benzene rings is 3. The maximum Gasteiger partial charge on any atom is 0.408 e. The summed E-state index contributed by atoms with van der Waals surface area (Å²) in [6.07, 6.45) is 0.222. The molecule has 1 aliphatic heterocycles. The van der Waals surface area contributed by atoms with Crippen LogP contribution in [0.1, 0.15) is 59.1 Å². The molecule has 1 aliphatic rings. The molecule has 11 nitrogen and oxygen atoms in total. The van der Waals surface area contributed by atoms with E-state index in [1.54, 1.807) is 37.8 Å². The number of rotatable bonds is 10. The lowest BCUT2D eigenvalue weighted by Crippen LogP contribution is -2.57. The Kier molecular flexibility index (Phi) is 10.7. The Morgan fingerprint density at radius 3 is 2.16 bits per heavy atom. The minimum absolute atomic E-state index is 0.0814. The van der Waals surface area contributed by atoms with Gasteiger partial charge in [-0.2, -0.15) is 0 Å². The number of H-pyrrole nitrogens is 1. The Hall–Kier alpha value is -5.16. The minimum atomic E-state index is -1.14. The first-order valence-electron chi connectivity index (χ1n) is 17.0. The van der Waals surface area contributed by atoms with Crippen molar-refractivity contribution >= 4 is 46.1 Å². The van der Waals surface area contributed by atoms with Crippen molar-refractivity contribution < 1.29 is 24.3 Å². The van der Waals surface area contributed by atoms with Gasteiger partial charge in [0, 0.05) is 40.1 Å². The van der Waals surface area contributed by atoms with Crippen LogP contribution >= 0.6 is 0 Å². The molecule has 2 heterocycles. The van der Waals surface area contributed by atoms with Gasteiger partial charge >= 0.3 is 6.09 Å². The highest BCUT2D eigenvalue weighted by Gasteiger charge is 2.40. The molecule has 1 saturated heterocycles. The first kappa shape index (κ1) is 36.1. The van der Waals surface area contributed by atoms with Crippen LogP contribution in [0.15, 0.2) is 78.9 Å². The van der Waals surface area contributed by atoms with Crippen LogP contribution in [-0.2, 0) is 14.4 Å². The smallest absolute Gasteiger partial charge is 0.408 e. The quantitative estimate of drug-likeness (QED) is 0.145. The molecular formula is C39H48N6O5. The number of fused-ring (bicyclic) bond motifs is 1. The van der Waals surface area contributed by atoms with E-state index in [9.17, 15) is 24.3 Å². The van der Waals surface area contributed by atoms with Gasteiger partial charge in [0.05, 0.1) is 0 Å². The van der Waals surface area contributed by atoms with E-state index in [-0.39, 0.29) is 23.6 Å². The third-order valence-electron chi connectivity index (χ3n) is 9.16. The van der Waals surface area contributed by atoms with E-state index in [1.807, 2.05) is 99.6 Å². The first-order valence-corrected chi connectivity index (χ1v) is 17.0. The number of hydrogen-bond acceptors (Lipinski definition) is 5. The molecule has 0 bridgehead atoms. The monoisotopic (exact) mass is 680 g/mol. The van der Waals surface area contributed by atoms with Crippen LogP contribution in [-0.4, -0.2) is 86.9 Å². The van der Waals surface area contributed by atoms with Crippen molar-refractivity contribution in [2.45, 2.75) is 71.1 Å². The van der Waals surface area contributed by atoms with Gasteiger partial charge in [-0.1, -0.05) is 56.3 Å². The predicted octanol–water partition coefficient (Wildman–Crippen LogP) is 6.81. The summed E-state index contributed by atoms with van der Waals surface area (Å²) in [7, 11) is 3.75. The summed E-state index contributed by atoms with van der Waals surface area (Å²) in [5.41, 5.74) is 3.97. The number of carbonyl (C=O) groups is 4. The first-order chi connectivity index (χ1) is 23.6. The van der Waals surface area contributed by atoms with E-state index >= 15 is 0 Å². The molecule has 11 heteroatoms. The fourth-order valence-corrected chi connectivity index (χ4v) is 6.84. The molecule has 3 atom stereocenters. The molecular weight excluding hydrogens is 632 g/mol. The second-order valence-electron chi connectivity index (χ2n) is 14.5. The second kappa shape index (κ2) is 14.8. The fraction of sp³-hybridized carbons (Fsp3) is 0.385. The fourth-order valence-electron chi connectivity index (χ4n) is 6.84. The van der Waals surface area contributed by atoms with Gasteiger partial charge in [0.25, 0.3) is 0 Å². The van der Waals surface area contributed by atoms with Crippen LogP contribution in [0.5, 0.6) is 0 Å². The number of carbonyl (C=O) groups excluding carboxylic acids is 3. The maximum absolute atomic E-state index is 13.7. The summed E-state index contributed by atoms with van der Waals surface area (Å²) in [6.45, 7) is 9.52. The van der Waals surface area contributed by atoms with Crippen LogP contribution in [0, 0.1) is 5.92 Å². The van der Waals surface area contributed by atoms with E-state index in [1.165, 1.54) is 4.90 Å². The van der Waals surface area contributed by atoms with Gasteiger partial charge in [0.1, 0.15) is 18.1 Å². The molecule has 4 N–H and O–H groups in total. The summed E-state index contributed by atoms with van der Waals surface area (Å²) in [5.74, 6) is -0.908. The number of anilines is 2. The standard InChI is InChI=1S/C39H48N6O5/c1-24(2)33(45(38(49)50)39(3,4)5)36(47)40-28-17-15-25(16-18-28)31-23-27-22-29(19-20-30(27)42-31)41-35(46)32-14-11-21-44(32)37(48)34(43(6)7)26-12-9-8-10-13-26/h8-10,12-13,15-20,22-24,32-34,42H,11,14,21H2,1-7H3,(H,40,47)(H,41,46)(H,49,50)/t32-,33+,34+/m0/s1. The summed E-state index contributed by atoms with van der Waals surface area (Å²) in [6, 6.07) is 22.7. The Labute approximate surface area is 293 Å². The molecule has 0 unspecified atom stereocenters. The number of carboxylic acid groups (broad SMARTS) is 1. The molecule has 50 heavy (non-hydrogen) atoms. The van der Waals surface area contributed by atoms with E-state index in [0.717, 1.165) is 34.1 Å². The third-order valence-corrected chi connectivity index (χ3v) is 9.16. The number of aromatic nitrogens is 1. The number of nitrogens with zero attached hydrogens (tertiary/aromatic N) is 3. The average molecular weight is 681 g/mol. The van der Waals surface area contributed by atoms with Gasteiger partial charge in [-0.05, 0) is 101 Å². The van der Waals surface area contributed by atoms with Crippen molar-refractivity contribution in [1.82, 2.24) is 19.7 Å². The van der Waals surface area contributed by atoms with Crippen molar-refractivity contribution in [1.29, 1.82) is 0 Å². The lowest BCUT2D eigenvalue weighted by Gasteiger charge is -2.40. The van der Waals surface area contributed by atoms with Crippen LogP contribution < -0.4 is 10.6 Å². The third kappa shape index (κ3) is 7.83. The highest BCUT2D eigenvalue weighted by atomic mass is 16.4. The van der Waals surface area contributed by atoms with Crippen molar-refractivity contribution in [3.8, 4) is 11.3 Å². The molecule has 0 aliphatic carbocycles. The molecule has 4 amide bonds. The summed E-state index contributed by atoms with van der Waals surface area (Å²) >= 11 is 0. The van der Waals surface area contributed by atoms with Crippen LogP contribution in [0.25, 0.3) is 22.2 Å². The molecule has 0 saturated carbocycles. The van der Waals surface area contributed by atoms with Crippen LogP contribution in [0.2, 0.25) is 0 Å². The Balaban J connectivity index is 1.27. The predicted molar refractivity (Wildman–Crippen MR) is 197 cm³/mol. The molecule has 3 aromatic carbocycles. The lowest BCUT2D eigenvalue weighted by atomic mass is 9.95. The zero-order valence-corrected chi connectivity index (χ0v) is 29.9. The maximum atomic E-state index is 13.7. The van der Waals surface area contributed by atoms with Crippen molar-refractivity contribution in [3.63, 3.8) is 0 Å². The highest BCUT2D eigenvalue weighted by molar-refractivity contribution is 6.00. The van der Waals surface area contributed by atoms with E-state index in [4.69, 9.17) is 0 Å². The number of aromatic amines is 1. The van der Waals surface area contributed by atoms with Crippen molar-refractivity contribution in [2.75, 3.05) is 31.3 Å². The van der Waals surface area contributed by atoms with E-state index < -0.39 is 29.8 Å². The molecule has 4 aromatic rings. The van der Waals surface area contributed by atoms with Crippen molar-refractivity contribution in [3.05, 3.63) is 84.4 Å². The summed E-state index contributed by atoms with van der Waals surface area (Å²) in [5, 5.41) is 16.7.